The second-order valence-corrected chi connectivity index (χ2v) is 18.5. The quantitative estimate of drug-likeness (QED) is 0.0349. The number of nitrogens with two attached hydrogens (primary N) is 1. The van der Waals surface area contributed by atoms with Gasteiger partial charge < -0.3 is 67.2 Å². The summed E-state index contributed by atoms with van der Waals surface area (Å²) in [6, 6.07) is 43.0. The summed E-state index contributed by atoms with van der Waals surface area (Å²) in [5.74, 6) is -6.87. The van der Waals surface area contributed by atoms with Gasteiger partial charge in [0.05, 0.1) is 23.8 Å². The molecule has 0 radical (unpaired) electrons. The van der Waals surface area contributed by atoms with E-state index in [9.17, 15) is 58.5 Å². The summed E-state index contributed by atoms with van der Waals surface area (Å²) in [4.78, 5) is 90.7. The fourth-order valence-corrected chi connectivity index (χ4v) is 7.35. The third-order valence-electron chi connectivity index (χ3n) is 11.4. The van der Waals surface area contributed by atoms with Crippen molar-refractivity contribution < 1.29 is 78.5 Å². The van der Waals surface area contributed by atoms with Crippen LogP contribution in [-0.4, -0.2) is 139 Å². The van der Waals surface area contributed by atoms with Crippen LogP contribution in [0.5, 0.6) is 0 Å². The zero-order valence-electron chi connectivity index (χ0n) is 45.2. The number of carbonyl (C=O) groups is 8. The number of nitrogens with one attached hydrogen (secondary N) is 4. The summed E-state index contributed by atoms with van der Waals surface area (Å²) in [6.07, 6.45) is 2.11. The van der Waals surface area contributed by atoms with Gasteiger partial charge in [-0.05, 0) is 92.1 Å². The molecule has 25 heteroatoms. The molecular weight excluding hydrogens is 1030 g/mol. The van der Waals surface area contributed by atoms with Crippen molar-refractivity contribution in [2.75, 3.05) is 0 Å². The van der Waals surface area contributed by atoms with E-state index in [1.165, 1.54) is 20.8 Å². The molecule has 0 aliphatic rings. The van der Waals surface area contributed by atoms with Crippen LogP contribution in [0.1, 0.15) is 105 Å². The lowest BCUT2D eigenvalue weighted by Gasteiger charge is -2.16. The van der Waals surface area contributed by atoms with Gasteiger partial charge >= 0.3 is 28.5 Å². The Balaban J connectivity index is 0.000000371. The molecule has 0 aliphatic heterocycles. The van der Waals surface area contributed by atoms with Crippen LogP contribution in [-0.2, 0) is 35.2 Å². The lowest BCUT2D eigenvalue weighted by molar-refractivity contribution is -0.123. The molecule has 5 rings (SSSR count). The highest BCUT2D eigenvalue weighted by Gasteiger charge is 2.30. The fraction of sp³-hybridized carbons (Fsp3) is 0.309. The SMILES string of the molecule is CC(=O)C[C@H](NC(=O)CCCc1ccccc1)B(O)O.CC(=O)C[C@H](NC(=O)c1ccc(-c2ccccc2)cc1)B(O)O.CCCC(=O)N[C@@H](CC(C)=O)B(O)O.NC(=O)C[C@@H](NC(=O)c1ccc(-c2ccccc2)cc1)B(O)O. The minimum Gasteiger partial charge on any atom is -0.426 e. The van der Waals surface area contributed by atoms with E-state index in [4.69, 9.17) is 25.8 Å². The molecule has 0 aliphatic carbocycles. The number of amides is 5. The van der Waals surface area contributed by atoms with Crippen molar-refractivity contribution in [3.8, 4) is 22.3 Å². The average Bonchev–Trinajstić information content (AvgIpc) is 3.43. The van der Waals surface area contributed by atoms with Crippen molar-refractivity contribution in [3.63, 3.8) is 0 Å². The molecule has 0 spiro atoms. The van der Waals surface area contributed by atoms with E-state index in [0.29, 0.717) is 30.4 Å². The molecule has 5 aromatic carbocycles. The summed E-state index contributed by atoms with van der Waals surface area (Å²) in [5, 5.41) is 82.5. The first kappa shape index (κ1) is 68.5. The monoisotopic (exact) mass is 1100 g/mol. The molecule has 80 heavy (non-hydrogen) atoms. The molecule has 0 unspecified atom stereocenters. The Kier molecular flexibility index (Phi) is 31.9. The van der Waals surface area contributed by atoms with Gasteiger partial charge in [0.15, 0.2) is 0 Å². The van der Waals surface area contributed by atoms with E-state index in [1.54, 1.807) is 36.4 Å². The van der Waals surface area contributed by atoms with E-state index in [2.05, 4.69) is 21.3 Å². The van der Waals surface area contributed by atoms with Crippen molar-refractivity contribution in [2.24, 2.45) is 5.73 Å². The van der Waals surface area contributed by atoms with Gasteiger partial charge in [0.2, 0.25) is 17.7 Å². The number of ketones is 3. The predicted molar refractivity (Wildman–Crippen MR) is 305 cm³/mol. The Morgan fingerprint density at radius 1 is 0.412 bits per heavy atom. The zero-order chi connectivity index (χ0) is 59.7. The Bertz CT molecular complexity index is 2570. The van der Waals surface area contributed by atoms with Crippen LogP contribution in [0.15, 0.2) is 140 Å². The van der Waals surface area contributed by atoms with Gasteiger partial charge in [-0.25, -0.2) is 0 Å². The van der Waals surface area contributed by atoms with E-state index in [-0.39, 0.29) is 61.3 Å². The number of benzene rings is 5. The van der Waals surface area contributed by atoms with Crippen LogP contribution in [0.3, 0.4) is 0 Å². The van der Waals surface area contributed by atoms with Gasteiger partial charge in [0.1, 0.15) is 17.3 Å². The number of Topliss-reactive ketones (excluding diaryl/α,β-unsaturated/α-hetero) is 3. The first-order chi connectivity index (χ1) is 37.9. The molecule has 21 nitrogen and oxygen atoms in total. The number of carbonyl (C=O) groups excluding carboxylic acids is 8. The fourth-order valence-electron chi connectivity index (χ4n) is 7.35. The second-order valence-electron chi connectivity index (χ2n) is 18.5. The van der Waals surface area contributed by atoms with Crippen molar-refractivity contribution in [1.82, 2.24) is 21.3 Å². The zero-order valence-corrected chi connectivity index (χ0v) is 45.2. The molecule has 5 amide bonds. The van der Waals surface area contributed by atoms with Crippen LogP contribution >= 0.6 is 0 Å². The lowest BCUT2D eigenvalue weighted by atomic mass is 9.76. The van der Waals surface area contributed by atoms with Gasteiger partial charge in [-0.3, -0.25) is 38.4 Å². The number of rotatable bonds is 26. The second kappa shape index (κ2) is 37.3. The third-order valence-corrected chi connectivity index (χ3v) is 11.4. The van der Waals surface area contributed by atoms with Crippen molar-refractivity contribution in [1.29, 1.82) is 0 Å². The maximum atomic E-state index is 12.1. The molecule has 0 saturated heterocycles. The maximum absolute atomic E-state index is 12.1. The standard InChI is InChI=1S/C17H18BNO4.C16H17BN2O4.C14H20BNO4.C8H16BNO4/c1-12(20)11-16(18(22)23)19-17(21)15-9-7-14(8-10-15)13-5-3-2-4-6-13;18-15(20)10-14(17(22)23)19-16(21)13-8-6-12(7-9-13)11-4-2-1-3-5-11;1-11(17)10-13(15(19)20)16-14(18)9-5-8-12-6-3-2-4-7-12;1-3-4-8(12)10-7(9(13)14)5-6(2)11/h2-10,16,22-23H,11H2,1H3,(H,19,21);1-9,14,22-23H,10H2,(H2,18,20)(H,19,21);2-4,6-7,13,19-20H,5,8-10H2,1H3,(H,16,18);7,13-14H,3-5H2,1-2H3,(H,10,12)/t16-;14-;13-;7-/m0100/s1. The number of primary amides is 1. The lowest BCUT2D eigenvalue weighted by Crippen LogP contribution is -2.48. The Morgan fingerprint density at radius 2 is 0.713 bits per heavy atom. The van der Waals surface area contributed by atoms with E-state index >= 15 is 0 Å². The molecule has 14 N–H and O–H groups in total. The third kappa shape index (κ3) is 28.3. The Hall–Kier alpha value is -7.60. The van der Waals surface area contributed by atoms with Gasteiger partial charge in [-0.1, -0.05) is 122 Å². The minimum atomic E-state index is -1.87. The Morgan fingerprint density at radius 3 is 1.02 bits per heavy atom. The largest absolute Gasteiger partial charge is 0.476 e. The topological polar surface area (TPSA) is 373 Å². The number of hydrogen-bond donors (Lipinski definition) is 13. The highest BCUT2D eigenvalue weighted by Crippen LogP contribution is 2.21. The molecular formula is C55H71B4N5O16. The van der Waals surface area contributed by atoms with Crippen molar-refractivity contribution in [3.05, 3.63) is 156 Å². The van der Waals surface area contributed by atoms with Crippen molar-refractivity contribution in [2.45, 2.75) is 109 Å². The predicted octanol–water partition coefficient (Wildman–Crippen LogP) is 1.53. The molecule has 0 saturated carbocycles. The van der Waals surface area contributed by atoms with Crippen LogP contribution in [0.4, 0.5) is 0 Å². The summed E-state index contributed by atoms with van der Waals surface area (Å²) < 4.78 is 0. The summed E-state index contributed by atoms with van der Waals surface area (Å²) in [5.41, 5.74) is 10.9. The smallest absolute Gasteiger partial charge is 0.426 e. The van der Waals surface area contributed by atoms with Crippen molar-refractivity contribution >= 4 is 75.4 Å². The summed E-state index contributed by atoms with van der Waals surface area (Å²) in [7, 11) is -7.07. The first-order valence-corrected chi connectivity index (χ1v) is 25.7. The summed E-state index contributed by atoms with van der Waals surface area (Å²) in [6.45, 7) is 5.85. The van der Waals surface area contributed by atoms with Crippen LogP contribution < -0.4 is 27.0 Å². The Labute approximate surface area is 467 Å². The molecule has 4 atom stereocenters. The van der Waals surface area contributed by atoms with Crippen LogP contribution in [0.2, 0.25) is 0 Å². The minimum absolute atomic E-state index is 0.0624. The van der Waals surface area contributed by atoms with Gasteiger partial charge in [0.25, 0.3) is 11.8 Å². The highest BCUT2D eigenvalue weighted by molar-refractivity contribution is 6.45. The van der Waals surface area contributed by atoms with Gasteiger partial charge in [-0.15, -0.1) is 0 Å². The summed E-state index contributed by atoms with van der Waals surface area (Å²) >= 11 is 0. The van der Waals surface area contributed by atoms with E-state index in [1.807, 2.05) is 110 Å². The van der Waals surface area contributed by atoms with Crippen LogP contribution in [0.25, 0.3) is 22.3 Å². The molecule has 0 heterocycles. The van der Waals surface area contributed by atoms with Crippen LogP contribution in [0, 0.1) is 0 Å². The molecule has 0 fully saturated rings. The molecule has 5 aromatic rings. The molecule has 0 bridgehead atoms. The maximum Gasteiger partial charge on any atom is 0.476 e. The van der Waals surface area contributed by atoms with Gasteiger partial charge in [-0.2, -0.15) is 0 Å². The first-order valence-electron chi connectivity index (χ1n) is 25.7. The number of hydrogen-bond acceptors (Lipinski definition) is 16. The highest BCUT2D eigenvalue weighted by atomic mass is 16.4. The van der Waals surface area contributed by atoms with E-state index < -0.39 is 70.0 Å². The van der Waals surface area contributed by atoms with Gasteiger partial charge in [0, 0.05) is 49.7 Å². The average molecular weight is 1100 g/mol. The molecule has 424 valence electrons. The normalized spacial score (nSPS) is 11.7. The molecule has 0 aromatic heterocycles. The van der Waals surface area contributed by atoms with E-state index in [0.717, 1.165) is 34.2 Å². The number of aryl methyl sites for hydroxylation is 1.